The molecule has 0 radical (unpaired) electrons. The Morgan fingerprint density at radius 1 is 1.35 bits per heavy atom. The van der Waals surface area contributed by atoms with E-state index in [9.17, 15) is 4.79 Å². The van der Waals surface area contributed by atoms with Crippen LogP contribution in [0.2, 0.25) is 5.02 Å². The summed E-state index contributed by atoms with van der Waals surface area (Å²) in [5.41, 5.74) is -0.484. The first-order valence-corrected chi connectivity index (χ1v) is 8.82. The smallest absolute Gasteiger partial charge is 0.407 e. The zero-order valence-electron chi connectivity index (χ0n) is 13.9. The van der Waals surface area contributed by atoms with Crippen molar-refractivity contribution in [1.29, 1.82) is 0 Å². The third kappa shape index (κ3) is 5.37. The largest absolute Gasteiger partial charge is 0.444 e. The summed E-state index contributed by atoms with van der Waals surface area (Å²) in [5, 5.41) is 8.04. The number of nitrogens with one attached hydrogen (secondary N) is 2. The molecule has 1 aromatic heterocycles. The maximum absolute atomic E-state index is 11.7. The number of alkyl carbamates (subject to hydrolysis) is 1. The Morgan fingerprint density at radius 2 is 2.04 bits per heavy atom. The van der Waals surface area contributed by atoms with E-state index in [-0.39, 0.29) is 6.04 Å². The summed E-state index contributed by atoms with van der Waals surface area (Å²) < 4.78 is 6.42. The van der Waals surface area contributed by atoms with E-state index in [1.807, 2.05) is 45.9 Å². The second-order valence-corrected chi connectivity index (χ2v) is 8.03. The van der Waals surface area contributed by atoms with Crippen LogP contribution in [0.5, 0.6) is 0 Å². The first-order chi connectivity index (χ1) is 10.8. The van der Waals surface area contributed by atoms with Crippen molar-refractivity contribution < 1.29 is 9.53 Å². The number of rotatable bonds is 5. The van der Waals surface area contributed by atoms with Crippen molar-refractivity contribution in [2.45, 2.75) is 45.9 Å². The lowest BCUT2D eigenvalue weighted by Crippen LogP contribution is -2.42. The summed E-state index contributed by atoms with van der Waals surface area (Å²) in [6.45, 7) is 8.79. The molecular formula is C17H23ClN2O2S. The van der Waals surface area contributed by atoms with Gasteiger partial charge in [0.05, 0.1) is 5.02 Å². The van der Waals surface area contributed by atoms with E-state index >= 15 is 0 Å². The Hall–Kier alpha value is -1.30. The standard InChI is InChI=1S/C17H23ClN2O2S/c1-11(20-16(21)22-17(2,3)4)9-19-10-14-15(18)12-7-5-6-8-13(12)23-14/h5-8,11,19H,9-10H2,1-4H3,(H,20,21). The minimum Gasteiger partial charge on any atom is -0.444 e. The van der Waals surface area contributed by atoms with Crippen LogP contribution in [0.25, 0.3) is 10.1 Å². The van der Waals surface area contributed by atoms with Crippen LogP contribution in [0.15, 0.2) is 24.3 Å². The van der Waals surface area contributed by atoms with Crippen molar-refractivity contribution in [1.82, 2.24) is 10.6 Å². The summed E-state index contributed by atoms with van der Waals surface area (Å²) in [7, 11) is 0. The van der Waals surface area contributed by atoms with E-state index in [2.05, 4.69) is 16.7 Å². The lowest BCUT2D eigenvalue weighted by atomic mass is 10.2. The molecule has 0 bridgehead atoms. The third-order valence-electron chi connectivity index (χ3n) is 3.10. The summed E-state index contributed by atoms with van der Waals surface area (Å²) in [5.74, 6) is 0. The minimum atomic E-state index is -0.484. The van der Waals surface area contributed by atoms with Gasteiger partial charge in [-0.05, 0) is 33.8 Å². The number of ether oxygens (including phenoxy) is 1. The molecule has 0 aliphatic rings. The van der Waals surface area contributed by atoms with Crippen LogP contribution in [0, 0.1) is 0 Å². The molecule has 1 unspecified atom stereocenters. The number of thiophene rings is 1. The third-order valence-corrected chi connectivity index (χ3v) is 4.82. The zero-order valence-corrected chi connectivity index (χ0v) is 15.5. The van der Waals surface area contributed by atoms with Gasteiger partial charge < -0.3 is 15.4 Å². The molecule has 1 heterocycles. The Balaban J connectivity index is 1.82. The van der Waals surface area contributed by atoms with Gasteiger partial charge >= 0.3 is 6.09 Å². The van der Waals surface area contributed by atoms with Gasteiger partial charge in [0.25, 0.3) is 0 Å². The topological polar surface area (TPSA) is 50.4 Å². The molecule has 1 atom stereocenters. The molecule has 0 saturated carbocycles. The van der Waals surface area contributed by atoms with E-state index < -0.39 is 11.7 Å². The summed E-state index contributed by atoms with van der Waals surface area (Å²) in [6.07, 6.45) is -0.397. The average Bonchev–Trinajstić information content (AvgIpc) is 2.74. The van der Waals surface area contributed by atoms with E-state index in [1.54, 1.807) is 11.3 Å². The van der Waals surface area contributed by atoms with Crippen LogP contribution in [0.1, 0.15) is 32.6 Å². The van der Waals surface area contributed by atoms with Crippen molar-refractivity contribution in [2.24, 2.45) is 0 Å². The van der Waals surface area contributed by atoms with Crippen molar-refractivity contribution in [3.63, 3.8) is 0 Å². The summed E-state index contributed by atoms with van der Waals surface area (Å²) in [6, 6.07) is 8.08. The molecule has 2 aromatic rings. The van der Waals surface area contributed by atoms with E-state index in [1.165, 1.54) is 4.70 Å². The quantitative estimate of drug-likeness (QED) is 0.827. The zero-order chi connectivity index (χ0) is 17.0. The van der Waals surface area contributed by atoms with Crippen molar-refractivity contribution >= 4 is 39.1 Å². The molecular weight excluding hydrogens is 332 g/mol. The van der Waals surface area contributed by atoms with Crippen LogP contribution in [0.3, 0.4) is 0 Å². The van der Waals surface area contributed by atoms with Gasteiger partial charge in [0.2, 0.25) is 0 Å². The highest BCUT2D eigenvalue weighted by molar-refractivity contribution is 7.19. The normalized spacial score (nSPS) is 13.1. The second kappa shape index (κ2) is 7.51. The van der Waals surface area contributed by atoms with Gasteiger partial charge in [-0.3, -0.25) is 0 Å². The monoisotopic (exact) mass is 354 g/mol. The lowest BCUT2D eigenvalue weighted by molar-refractivity contribution is 0.0508. The van der Waals surface area contributed by atoms with Crippen LogP contribution in [-0.2, 0) is 11.3 Å². The number of hydrogen-bond donors (Lipinski definition) is 2. The second-order valence-electron chi connectivity index (χ2n) is 6.51. The SMILES string of the molecule is CC(CNCc1sc2ccccc2c1Cl)NC(=O)OC(C)(C)C. The molecule has 0 aliphatic heterocycles. The predicted octanol–water partition coefficient (Wildman–Crippen LogP) is 4.56. The molecule has 126 valence electrons. The number of halogens is 1. The highest BCUT2D eigenvalue weighted by Gasteiger charge is 2.17. The van der Waals surface area contributed by atoms with E-state index in [0.29, 0.717) is 13.1 Å². The number of carbonyl (C=O) groups excluding carboxylic acids is 1. The van der Waals surface area contributed by atoms with Crippen molar-refractivity contribution in [3.05, 3.63) is 34.2 Å². The average molecular weight is 355 g/mol. The van der Waals surface area contributed by atoms with E-state index in [0.717, 1.165) is 15.3 Å². The van der Waals surface area contributed by atoms with Gasteiger partial charge in [-0.25, -0.2) is 4.79 Å². The highest BCUT2D eigenvalue weighted by Crippen LogP contribution is 2.34. The molecule has 0 saturated heterocycles. The molecule has 1 aromatic carbocycles. The highest BCUT2D eigenvalue weighted by atomic mass is 35.5. The minimum absolute atomic E-state index is 0.0296. The maximum atomic E-state index is 11.7. The predicted molar refractivity (Wildman–Crippen MR) is 97.4 cm³/mol. The number of benzene rings is 1. The first-order valence-electron chi connectivity index (χ1n) is 7.62. The first kappa shape index (κ1) is 18.0. The Labute approximate surface area is 146 Å². The van der Waals surface area contributed by atoms with Crippen LogP contribution in [0.4, 0.5) is 4.79 Å². The molecule has 1 amide bonds. The number of carbonyl (C=O) groups is 1. The number of fused-ring (bicyclic) bond motifs is 1. The fraction of sp³-hybridized carbons (Fsp3) is 0.471. The van der Waals surface area contributed by atoms with Gasteiger partial charge in [-0.1, -0.05) is 29.8 Å². The molecule has 4 nitrogen and oxygen atoms in total. The lowest BCUT2D eigenvalue weighted by Gasteiger charge is -2.22. The summed E-state index contributed by atoms with van der Waals surface area (Å²) >= 11 is 8.10. The van der Waals surface area contributed by atoms with Gasteiger partial charge in [-0.15, -0.1) is 11.3 Å². The molecule has 2 N–H and O–H groups in total. The molecule has 6 heteroatoms. The van der Waals surface area contributed by atoms with Crippen molar-refractivity contribution in [3.8, 4) is 0 Å². The molecule has 0 spiro atoms. The van der Waals surface area contributed by atoms with Gasteiger partial charge in [-0.2, -0.15) is 0 Å². The van der Waals surface area contributed by atoms with Crippen LogP contribution >= 0.6 is 22.9 Å². The van der Waals surface area contributed by atoms with E-state index in [4.69, 9.17) is 16.3 Å². The molecule has 0 aliphatic carbocycles. The Kier molecular flexibility index (Phi) is 5.89. The number of hydrogen-bond acceptors (Lipinski definition) is 4. The van der Waals surface area contributed by atoms with Crippen LogP contribution in [-0.4, -0.2) is 24.3 Å². The van der Waals surface area contributed by atoms with Gasteiger partial charge in [0.1, 0.15) is 5.60 Å². The fourth-order valence-corrected chi connectivity index (χ4v) is 3.61. The number of amides is 1. The Morgan fingerprint density at radius 3 is 2.70 bits per heavy atom. The van der Waals surface area contributed by atoms with Crippen molar-refractivity contribution in [2.75, 3.05) is 6.54 Å². The van der Waals surface area contributed by atoms with Gasteiger partial charge in [0, 0.05) is 34.1 Å². The molecule has 2 rings (SSSR count). The Bertz CT molecular complexity index is 679. The van der Waals surface area contributed by atoms with Crippen LogP contribution < -0.4 is 10.6 Å². The van der Waals surface area contributed by atoms with Gasteiger partial charge in [0.15, 0.2) is 0 Å². The molecule has 23 heavy (non-hydrogen) atoms. The maximum Gasteiger partial charge on any atom is 0.407 e. The fourth-order valence-electron chi connectivity index (χ4n) is 2.14. The molecule has 0 fully saturated rings. The summed E-state index contributed by atoms with van der Waals surface area (Å²) in [4.78, 5) is 12.8.